The Balaban J connectivity index is 2.05. The number of rotatable bonds is 3. The van der Waals surface area contributed by atoms with Gasteiger partial charge in [0, 0.05) is 38.0 Å². The molecule has 1 atom stereocenters. The molecule has 3 nitrogen and oxygen atoms in total. The fraction of sp³-hybridized carbons (Fsp3) is 0.571. The molecule has 1 aliphatic heterocycles. The molecule has 94 valence electrons. The Hall–Kier alpha value is -1.06. The van der Waals surface area contributed by atoms with Gasteiger partial charge in [-0.1, -0.05) is 12.1 Å². The summed E-state index contributed by atoms with van der Waals surface area (Å²) in [6.07, 6.45) is 2.23. The van der Waals surface area contributed by atoms with Gasteiger partial charge in [0.05, 0.1) is 0 Å². The second kappa shape index (κ2) is 5.52. The van der Waals surface area contributed by atoms with Gasteiger partial charge in [-0.2, -0.15) is 0 Å². The van der Waals surface area contributed by atoms with Crippen LogP contribution in [0.3, 0.4) is 0 Å². The van der Waals surface area contributed by atoms with Crippen molar-refractivity contribution in [2.75, 3.05) is 25.2 Å². The van der Waals surface area contributed by atoms with Crippen LogP contribution in [0.4, 0.5) is 5.69 Å². The lowest BCUT2D eigenvalue weighted by Crippen LogP contribution is -2.36. The molecule has 0 spiro atoms. The fourth-order valence-electron chi connectivity index (χ4n) is 2.30. The van der Waals surface area contributed by atoms with Crippen molar-refractivity contribution in [1.29, 1.82) is 0 Å². The second-order valence-electron chi connectivity index (χ2n) is 4.83. The average Bonchev–Trinajstić information content (AvgIpc) is 2.39. The third-order valence-electron chi connectivity index (χ3n) is 3.56. The summed E-state index contributed by atoms with van der Waals surface area (Å²) >= 11 is 0. The summed E-state index contributed by atoms with van der Waals surface area (Å²) in [5.41, 5.74) is 8.31. The van der Waals surface area contributed by atoms with Gasteiger partial charge < -0.3 is 15.4 Å². The van der Waals surface area contributed by atoms with E-state index in [9.17, 15) is 0 Å². The normalized spacial score (nSPS) is 19.0. The Morgan fingerprint density at radius 2 is 1.82 bits per heavy atom. The number of anilines is 1. The Labute approximate surface area is 104 Å². The van der Waals surface area contributed by atoms with Gasteiger partial charge in [-0.05, 0) is 37.5 Å². The van der Waals surface area contributed by atoms with Crippen LogP contribution in [-0.2, 0) is 4.74 Å². The maximum Gasteiger partial charge on any atom is 0.0485 e. The average molecular weight is 234 g/mol. The Morgan fingerprint density at radius 3 is 2.35 bits per heavy atom. The van der Waals surface area contributed by atoms with E-state index in [0.29, 0.717) is 6.04 Å². The lowest BCUT2D eigenvalue weighted by atomic mass is 10.1. The van der Waals surface area contributed by atoms with Crippen LogP contribution < -0.4 is 10.6 Å². The highest BCUT2D eigenvalue weighted by atomic mass is 16.5. The van der Waals surface area contributed by atoms with Crippen molar-refractivity contribution in [3.63, 3.8) is 0 Å². The molecule has 1 heterocycles. The lowest BCUT2D eigenvalue weighted by Gasteiger charge is -2.33. The minimum absolute atomic E-state index is 0.109. The van der Waals surface area contributed by atoms with Gasteiger partial charge in [0.25, 0.3) is 0 Å². The lowest BCUT2D eigenvalue weighted by molar-refractivity contribution is 0.0855. The van der Waals surface area contributed by atoms with Crippen molar-refractivity contribution in [3.05, 3.63) is 29.8 Å². The minimum Gasteiger partial charge on any atom is -0.381 e. The Morgan fingerprint density at radius 1 is 1.24 bits per heavy atom. The molecule has 2 rings (SSSR count). The zero-order chi connectivity index (χ0) is 12.3. The second-order valence-corrected chi connectivity index (χ2v) is 4.83. The van der Waals surface area contributed by atoms with E-state index < -0.39 is 0 Å². The van der Waals surface area contributed by atoms with Gasteiger partial charge in [-0.3, -0.25) is 0 Å². The molecule has 0 unspecified atom stereocenters. The van der Waals surface area contributed by atoms with E-state index in [2.05, 4.69) is 36.2 Å². The Bertz CT molecular complexity index is 342. The number of nitrogens with two attached hydrogens (primary N) is 1. The van der Waals surface area contributed by atoms with Gasteiger partial charge in [0.1, 0.15) is 0 Å². The molecule has 2 N–H and O–H groups in total. The minimum atomic E-state index is 0.109. The van der Waals surface area contributed by atoms with Gasteiger partial charge >= 0.3 is 0 Å². The molecule has 0 aliphatic carbocycles. The Kier molecular flexibility index (Phi) is 4.02. The summed E-state index contributed by atoms with van der Waals surface area (Å²) in [5.74, 6) is 0. The summed E-state index contributed by atoms with van der Waals surface area (Å²) in [7, 11) is 2.16. The highest BCUT2D eigenvalue weighted by molar-refractivity contribution is 5.48. The predicted molar refractivity (Wildman–Crippen MR) is 71.3 cm³/mol. The van der Waals surface area contributed by atoms with Crippen molar-refractivity contribution < 1.29 is 4.74 Å². The molecule has 1 fully saturated rings. The summed E-state index contributed by atoms with van der Waals surface area (Å²) in [5, 5.41) is 0. The van der Waals surface area contributed by atoms with E-state index in [1.54, 1.807) is 0 Å². The number of ether oxygens (including phenoxy) is 1. The van der Waals surface area contributed by atoms with Crippen molar-refractivity contribution >= 4 is 5.69 Å². The van der Waals surface area contributed by atoms with E-state index in [1.165, 1.54) is 11.3 Å². The zero-order valence-electron chi connectivity index (χ0n) is 10.7. The first-order chi connectivity index (χ1) is 8.18. The van der Waals surface area contributed by atoms with Gasteiger partial charge in [0.2, 0.25) is 0 Å². The summed E-state index contributed by atoms with van der Waals surface area (Å²) in [6, 6.07) is 9.27. The monoisotopic (exact) mass is 234 g/mol. The molecule has 0 amide bonds. The van der Waals surface area contributed by atoms with Gasteiger partial charge in [0.15, 0.2) is 0 Å². The van der Waals surface area contributed by atoms with E-state index in [4.69, 9.17) is 10.5 Å². The molecule has 0 saturated carbocycles. The first-order valence-corrected chi connectivity index (χ1v) is 6.34. The van der Waals surface area contributed by atoms with E-state index >= 15 is 0 Å². The van der Waals surface area contributed by atoms with Crippen LogP contribution in [0.5, 0.6) is 0 Å². The van der Waals surface area contributed by atoms with Crippen LogP contribution in [0.25, 0.3) is 0 Å². The maximum absolute atomic E-state index is 5.85. The molecule has 1 aromatic carbocycles. The van der Waals surface area contributed by atoms with Crippen molar-refractivity contribution in [2.45, 2.75) is 31.8 Å². The largest absolute Gasteiger partial charge is 0.381 e. The molecule has 3 heteroatoms. The molecule has 1 saturated heterocycles. The summed E-state index contributed by atoms with van der Waals surface area (Å²) in [6.45, 7) is 3.77. The van der Waals surface area contributed by atoms with Crippen LogP contribution >= 0.6 is 0 Å². The third-order valence-corrected chi connectivity index (χ3v) is 3.56. The van der Waals surface area contributed by atoms with E-state index in [-0.39, 0.29) is 6.04 Å². The van der Waals surface area contributed by atoms with Crippen LogP contribution in [0.15, 0.2) is 24.3 Å². The topological polar surface area (TPSA) is 38.5 Å². The van der Waals surface area contributed by atoms with Crippen molar-refractivity contribution in [2.24, 2.45) is 5.73 Å². The van der Waals surface area contributed by atoms with Gasteiger partial charge in [-0.15, -0.1) is 0 Å². The molecule has 0 radical (unpaired) electrons. The standard InChI is InChI=1S/C14H22N2O/c1-11(15)12-3-5-13(6-4-12)16(2)14-7-9-17-10-8-14/h3-6,11,14H,7-10,15H2,1-2H3/t11-/m1/s1. The molecular formula is C14H22N2O. The number of hydrogen-bond donors (Lipinski definition) is 1. The van der Waals surface area contributed by atoms with Crippen LogP contribution in [0.2, 0.25) is 0 Å². The molecule has 1 aromatic rings. The fourth-order valence-corrected chi connectivity index (χ4v) is 2.30. The first-order valence-electron chi connectivity index (χ1n) is 6.34. The van der Waals surface area contributed by atoms with E-state index in [1.807, 2.05) is 6.92 Å². The smallest absolute Gasteiger partial charge is 0.0485 e. The zero-order valence-corrected chi connectivity index (χ0v) is 10.7. The SMILES string of the molecule is C[C@@H](N)c1ccc(N(C)C2CCOCC2)cc1. The number of nitrogens with zero attached hydrogens (tertiary/aromatic N) is 1. The summed E-state index contributed by atoms with van der Waals surface area (Å²) in [4.78, 5) is 2.35. The number of benzene rings is 1. The molecular weight excluding hydrogens is 212 g/mol. The molecule has 17 heavy (non-hydrogen) atoms. The molecule has 0 aromatic heterocycles. The first kappa shape index (κ1) is 12.4. The summed E-state index contributed by atoms with van der Waals surface area (Å²) < 4.78 is 5.39. The molecule has 0 bridgehead atoms. The van der Waals surface area contributed by atoms with E-state index in [0.717, 1.165) is 26.1 Å². The highest BCUT2D eigenvalue weighted by Gasteiger charge is 2.18. The van der Waals surface area contributed by atoms with Crippen LogP contribution in [0, 0.1) is 0 Å². The number of hydrogen-bond acceptors (Lipinski definition) is 3. The molecule has 1 aliphatic rings. The van der Waals surface area contributed by atoms with Crippen LogP contribution in [-0.4, -0.2) is 26.3 Å². The predicted octanol–water partition coefficient (Wildman–Crippen LogP) is 2.32. The van der Waals surface area contributed by atoms with Crippen LogP contribution in [0.1, 0.15) is 31.4 Å². The van der Waals surface area contributed by atoms with Crippen molar-refractivity contribution in [3.8, 4) is 0 Å². The van der Waals surface area contributed by atoms with Gasteiger partial charge in [-0.25, -0.2) is 0 Å². The maximum atomic E-state index is 5.85. The van der Waals surface area contributed by atoms with Crippen molar-refractivity contribution in [1.82, 2.24) is 0 Å². The highest BCUT2D eigenvalue weighted by Crippen LogP contribution is 2.22. The third kappa shape index (κ3) is 2.99. The quantitative estimate of drug-likeness (QED) is 0.872.